The van der Waals surface area contributed by atoms with Crippen molar-refractivity contribution in [3.63, 3.8) is 0 Å². The molecule has 8 heteroatoms. The lowest BCUT2D eigenvalue weighted by molar-refractivity contribution is -0.0498. The fourth-order valence-corrected chi connectivity index (χ4v) is 4.40. The summed E-state index contributed by atoms with van der Waals surface area (Å²) in [6.07, 6.45) is 3.36. The number of halogens is 2. The van der Waals surface area contributed by atoms with Crippen molar-refractivity contribution in [3.05, 3.63) is 45.8 Å². The quantitative estimate of drug-likeness (QED) is 0.679. The van der Waals surface area contributed by atoms with Gasteiger partial charge in [0.1, 0.15) is 10.8 Å². The molecule has 1 amide bonds. The number of rotatable bonds is 6. The lowest BCUT2D eigenvalue weighted by Crippen LogP contribution is -2.18. The van der Waals surface area contributed by atoms with Crippen LogP contribution in [-0.4, -0.2) is 24.6 Å². The number of carbonyl (C=O) groups is 2. The van der Waals surface area contributed by atoms with E-state index in [1.54, 1.807) is 13.8 Å². The Morgan fingerprint density at radius 3 is 2.64 bits per heavy atom. The number of alkyl halides is 2. The van der Waals surface area contributed by atoms with Gasteiger partial charge in [0.2, 0.25) is 0 Å². The second-order valence-electron chi connectivity index (χ2n) is 6.73. The van der Waals surface area contributed by atoms with Gasteiger partial charge in [0, 0.05) is 10.4 Å². The maximum Gasteiger partial charge on any atom is 0.387 e. The second kappa shape index (κ2) is 8.68. The molecule has 0 radical (unpaired) electrons. The molecule has 1 aromatic heterocycles. The van der Waals surface area contributed by atoms with Crippen molar-refractivity contribution in [1.82, 2.24) is 0 Å². The number of thiophene rings is 1. The molecule has 0 saturated carbocycles. The van der Waals surface area contributed by atoms with E-state index in [1.165, 1.54) is 35.6 Å². The van der Waals surface area contributed by atoms with Crippen molar-refractivity contribution in [2.45, 2.75) is 52.2 Å². The third kappa shape index (κ3) is 4.67. The van der Waals surface area contributed by atoms with Crippen LogP contribution in [0.25, 0.3) is 0 Å². The van der Waals surface area contributed by atoms with Crippen LogP contribution >= 0.6 is 11.3 Å². The molecule has 150 valence electrons. The second-order valence-corrected chi connectivity index (χ2v) is 7.83. The minimum Gasteiger partial charge on any atom is -0.459 e. The highest BCUT2D eigenvalue weighted by molar-refractivity contribution is 7.17. The van der Waals surface area contributed by atoms with Gasteiger partial charge in [-0.05, 0) is 63.3 Å². The molecule has 2 aromatic rings. The summed E-state index contributed by atoms with van der Waals surface area (Å²) < 4.78 is 34.5. The fourth-order valence-electron chi connectivity index (χ4n) is 3.13. The smallest absolute Gasteiger partial charge is 0.387 e. The SMILES string of the molecule is CC(C)OC(=O)c1c(NC(=O)c2cccc(OC(F)F)c2)sc2c1CCCC2. The highest BCUT2D eigenvalue weighted by Gasteiger charge is 2.28. The summed E-state index contributed by atoms with van der Waals surface area (Å²) in [5, 5.41) is 3.19. The minimum absolute atomic E-state index is 0.104. The van der Waals surface area contributed by atoms with Crippen molar-refractivity contribution >= 4 is 28.2 Å². The number of anilines is 1. The minimum atomic E-state index is -2.97. The van der Waals surface area contributed by atoms with Crippen molar-refractivity contribution < 1.29 is 27.8 Å². The monoisotopic (exact) mass is 409 g/mol. The van der Waals surface area contributed by atoms with E-state index in [4.69, 9.17) is 4.74 Å². The van der Waals surface area contributed by atoms with Gasteiger partial charge in [0.15, 0.2) is 0 Å². The zero-order valence-electron chi connectivity index (χ0n) is 15.6. The predicted molar refractivity (Wildman–Crippen MR) is 103 cm³/mol. The van der Waals surface area contributed by atoms with Crippen molar-refractivity contribution in [1.29, 1.82) is 0 Å². The maximum atomic E-state index is 12.7. The van der Waals surface area contributed by atoms with E-state index in [2.05, 4.69) is 10.1 Å². The first-order valence-corrected chi connectivity index (χ1v) is 9.88. The van der Waals surface area contributed by atoms with Crippen LogP contribution in [0.3, 0.4) is 0 Å². The number of hydrogen-bond donors (Lipinski definition) is 1. The molecular formula is C20H21F2NO4S. The molecule has 0 atom stereocenters. The van der Waals surface area contributed by atoms with E-state index in [0.29, 0.717) is 10.6 Å². The topological polar surface area (TPSA) is 64.6 Å². The summed E-state index contributed by atoms with van der Waals surface area (Å²) in [4.78, 5) is 26.4. The maximum absolute atomic E-state index is 12.7. The Kier molecular flexibility index (Phi) is 6.28. The Labute approximate surface area is 165 Å². The molecule has 0 saturated heterocycles. The Hall–Kier alpha value is -2.48. The fraction of sp³-hybridized carbons (Fsp3) is 0.400. The zero-order valence-corrected chi connectivity index (χ0v) is 16.4. The molecule has 0 bridgehead atoms. The van der Waals surface area contributed by atoms with Crippen molar-refractivity contribution in [3.8, 4) is 5.75 Å². The van der Waals surface area contributed by atoms with Crippen LogP contribution in [0.2, 0.25) is 0 Å². The third-order valence-electron chi connectivity index (χ3n) is 4.27. The van der Waals surface area contributed by atoms with Crippen molar-refractivity contribution in [2.24, 2.45) is 0 Å². The Morgan fingerprint density at radius 2 is 1.93 bits per heavy atom. The lowest BCUT2D eigenvalue weighted by Gasteiger charge is -2.14. The average Bonchev–Trinajstić information content (AvgIpc) is 2.98. The molecule has 0 spiro atoms. The van der Waals surface area contributed by atoms with Gasteiger partial charge in [-0.1, -0.05) is 6.07 Å². The van der Waals surface area contributed by atoms with E-state index in [0.717, 1.165) is 36.1 Å². The lowest BCUT2D eigenvalue weighted by atomic mass is 9.95. The normalized spacial score (nSPS) is 13.4. The molecule has 0 fully saturated rings. The van der Waals surface area contributed by atoms with Gasteiger partial charge < -0.3 is 14.8 Å². The van der Waals surface area contributed by atoms with Crippen LogP contribution in [-0.2, 0) is 17.6 Å². The van der Waals surface area contributed by atoms with E-state index in [1.807, 2.05) is 0 Å². The highest BCUT2D eigenvalue weighted by Crippen LogP contribution is 2.39. The molecule has 1 aromatic carbocycles. The number of hydrogen-bond acceptors (Lipinski definition) is 5. The standard InChI is InChI=1S/C20H21F2NO4S/c1-11(2)26-19(25)16-14-8-3-4-9-15(14)28-18(16)23-17(24)12-6-5-7-13(10-12)27-20(21)22/h5-7,10-11,20H,3-4,8-9H2,1-2H3,(H,23,24). The highest BCUT2D eigenvalue weighted by atomic mass is 32.1. The van der Waals surface area contributed by atoms with E-state index < -0.39 is 18.5 Å². The summed E-state index contributed by atoms with van der Waals surface area (Å²) in [6.45, 7) is 0.562. The Balaban J connectivity index is 1.88. The van der Waals surface area contributed by atoms with Crippen LogP contribution in [0.5, 0.6) is 5.75 Å². The first-order chi connectivity index (χ1) is 13.3. The van der Waals surface area contributed by atoms with Gasteiger partial charge in [-0.3, -0.25) is 4.79 Å². The molecule has 5 nitrogen and oxygen atoms in total. The summed E-state index contributed by atoms with van der Waals surface area (Å²) in [5.74, 6) is -1.07. The molecule has 1 aliphatic carbocycles. The number of amides is 1. The molecule has 28 heavy (non-hydrogen) atoms. The van der Waals surface area contributed by atoms with Crippen LogP contribution in [0.1, 0.15) is 57.8 Å². The average molecular weight is 409 g/mol. The molecule has 1 heterocycles. The number of aryl methyl sites for hydroxylation is 1. The first-order valence-electron chi connectivity index (χ1n) is 9.07. The van der Waals surface area contributed by atoms with Crippen LogP contribution in [0.4, 0.5) is 13.8 Å². The molecule has 0 aliphatic heterocycles. The van der Waals surface area contributed by atoms with Gasteiger partial charge >= 0.3 is 12.6 Å². The Morgan fingerprint density at radius 1 is 1.18 bits per heavy atom. The summed E-state index contributed by atoms with van der Waals surface area (Å²) in [6, 6.07) is 5.53. The zero-order chi connectivity index (χ0) is 20.3. The van der Waals surface area contributed by atoms with E-state index >= 15 is 0 Å². The van der Waals surface area contributed by atoms with Gasteiger partial charge in [-0.15, -0.1) is 11.3 Å². The van der Waals surface area contributed by atoms with Crippen LogP contribution in [0.15, 0.2) is 24.3 Å². The van der Waals surface area contributed by atoms with Gasteiger partial charge in [-0.2, -0.15) is 8.78 Å². The molecular weight excluding hydrogens is 388 g/mol. The van der Waals surface area contributed by atoms with Crippen molar-refractivity contribution in [2.75, 3.05) is 5.32 Å². The molecule has 1 N–H and O–H groups in total. The van der Waals surface area contributed by atoms with E-state index in [9.17, 15) is 18.4 Å². The number of esters is 1. The number of benzene rings is 1. The molecule has 0 unspecified atom stereocenters. The Bertz CT molecular complexity index is 879. The largest absolute Gasteiger partial charge is 0.459 e. The van der Waals surface area contributed by atoms with Gasteiger partial charge in [0.05, 0.1) is 11.7 Å². The predicted octanol–water partition coefficient (Wildman–Crippen LogP) is 5.05. The number of carbonyl (C=O) groups excluding carboxylic acids is 2. The molecule has 1 aliphatic rings. The van der Waals surface area contributed by atoms with Crippen LogP contribution in [0, 0.1) is 0 Å². The number of fused-ring (bicyclic) bond motifs is 1. The first kappa shape index (κ1) is 20.3. The number of ether oxygens (including phenoxy) is 2. The summed E-state index contributed by atoms with van der Waals surface area (Å²) >= 11 is 1.37. The summed E-state index contributed by atoms with van der Waals surface area (Å²) in [7, 11) is 0. The number of nitrogens with one attached hydrogen (secondary N) is 1. The van der Waals surface area contributed by atoms with Gasteiger partial charge in [-0.25, -0.2) is 4.79 Å². The molecule has 3 rings (SSSR count). The van der Waals surface area contributed by atoms with Crippen LogP contribution < -0.4 is 10.1 Å². The van der Waals surface area contributed by atoms with E-state index in [-0.39, 0.29) is 17.4 Å². The van der Waals surface area contributed by atoms with Gasteiger partial charge in [0.25, 0.3) is 5.91 Å². The summed E-state index contributed by atoms with van der Waals surface area (Å²) in [5.41, 5.74) is 1.50. The third-order valence-corrected chi connectivity index (χ3v) is 5.47.